The van der Waals surface area contributed by atoms with Crippen molar-refractivity contribution in [2.45, 2.75) is 0 Å². The molecule has 1 N–H and O–H groups in total. The van der Waals surface area contributed by atoms with Crippen molar-refractivity contribution in [1.29, 1.82) is 0 Å². The van der Waals surface area contributed by atoms with Crippen LogP contribution < -0.4 is 19.6 Å². The van der Waals surface area contributed by atoms with E-state index >= 15 is 0 Å². The number of carbonyl (C=O) groups excluding carboxylic acids is 1. The van der Waals surface area contributed by atoms with Crippen LogP contribution in [0.25, 0.3) is 0 Å². The van der Waals surface area contributed by atoms with Gasteiger partial charge in [0.2, 0.25) is 0 Å². The van der Waals surface area contributed by atoms with Crippen LogP contribution in [0.1, 0.15) is 15.9 Å². The summed E-state index contributed by atoms with van der Waals surface area (Å²) >= 11 is 0. The first kappa shape index (κ1) is 19.0. The molecule has 0 fully saturated rings. The summed E-state index contributed by atoms with van der Waals surface area (Å²) in [7, 11) is 3.02. The summed E-state index contributed by atoms with van der Waals surface area (Å²) in [6, 6.07) is 21.7. The average Bonchev–Trinajstić information content (AvgIpc) is 2.75. The van der Waals surface area contributed by atoms with Crippen molar-refractivity contribution in [3.63, 3.8) is 0 Å². The third kappa shape index (κ3) is 4.67. The molecule has 0 bridgehead atoms. The smallest absolute Gasteiger partial charge is 0.347 e. The number of benzene rings is 3. The van der Waals surface area contributed by atoms with Gasteiger partial charge in [-0.1, -0.05) is 30.3 Å². The predicted octanol–water partition coefficient (Wildman–Crippen LogP) is 4.37. The van der Waals surface area contributed by atoms with Gasteiger partial charge in [-0.05, 0) is 48.0 Å². The van der Waals surface area contributed by atoms with Crippen molar-refractivity contribution >= 4 is 17.9 Å². The molecule has 0 amide bonds. The highest BCUT2D eigenvalue weighted by Crippen LogP contribution is 2.29. The van der Waals surface area contributed by atoms with E-state index in [9.17, 15) is 4.79 Å². The molecule has 0 radical (unpaired) electrons. The maximum Gasteiger partial charge on any atom is 0.347 e. The lowest BCUT2D eigenvalue weighted by molar-refractivity contribution is 0.0726. The first-order valence-corrected chi connectivity index (χ1v) is 8.58. The number of carbonyl (C=O) groups is 1. The first-order valence-electron chi connectivity index (χ1n) is 8.58. The van der Waals surface area contributed by atoms with Crippen LogP contribution in [0.2, 0.25) is 0 Å². The molecule has 0 aliphatic carbocycles. The maximum absolute atomic E-state index is 12.5. The molecule has 3 aromatic carbocycles. The number of para-hydroxylation sites is 2. The van der Waals surface area contributed by atoms with Crippen LogP contribution >= 0.6 is 0 Å². The van der Waals surface area contributed by atoms with E-state index in [-0.39, 0.29) is 0 Å². The molecule has 142 valence electrons. The molecule has 28 heavy (non-hydrogen) atoms. The standard InChI is InChI=1S/C22H20N2O4/c1-26-19-11-7-6-10-18(19)22(25)28-20-13-12-16(14-21(20)27-2)15-23-24-17-8-4-3-5-9-17/h3-15,24H,1-2H3/b23-15-. The Hall–Kier alpha value is -3.80. The first-order chi connectivity index (χ1) is 13.7. The van der Waals surface area contributed by atoms with Crippen molar-refractivity contribution in [3.8, 4) is 17.2 Å². The van der Waals surface area contributed by atoms with E-state index in [0.29, 0.717) is 22.8 Å². The molecule has 0 saturated heterocycles. The fraction of sp³-hybridized carbons (Fsp3) is 0.0909. The molecule has 0 saturated carbocycles. The van der Waals surface area contributed by atoms with Crippen LogP contribution in [0.15, 0.2) is 77.9 Å². The van der Waals surface area contributed by atoms with Gasteiger partial charge in [0, 0.05) is 0 Å². The van der Waals surface area contributed by atoms with E-state index in [4.69, 9.17) is 14.2 Å². The third-order valence-corrected chi connectivity index (χ3v) is 3.90. The van der Waals surface area contributed by atoms with E-state index in [1.807, 2.05) is 30.3 Å². The van der Waals surface area contributed by atoms with Crippen LogP contribution in [0.3, 0.4) is 0 Å². The summed E-state index contributed by atoms with van der Waals surface area (Å²) in [6.07, 6.45) is 1.65. The molecule has 3 aromatic rings. The molecule has 6 heteroatoms. The van der Waals surface area contributed by atoms with Gasteiger partial charge in [-0.15, -0.1) is 0 Å². The average molecular weight is 376 g/mol. The van der Waals surface area contributed by atoms with Crippen LogP contribution in [0.5, 0.6) is 17.2 Å². The highest BCUT2D eigenvalue weighted by Gasteiger charge is 2.16. The Bertz CT molecular complexity index is 971. The maximum atomic E-state index is 12.5. The number of hydrazone groups is 1. The number of rotatable bonds is 7. The minimum atomic E-state index is -0.525. The monoisotopic (exact) mass is 376 g/mol. The normalized spacial score (nSPS) is 10.5. The second-order valence-corrected chi connectivity index (χ2v) is 5.74. The van der Waals surface area contributed by atoms with Crippen molar-refractivity contribution in [2.75, 3.05) is 19.6 Å². The van der Waals surface area contributed by atoms with Crippen molar-refractivity contribution in [2.24, 2.45) is 5.10 Å². The number of ether oxygens (including phenoxy) is 3. The fourth-order valence-electron chi connectivity index (χ4n) is 2.51. The Morgan fingerprint density at radius 2 is 1.57 bits per heavy atom. The molecular formula is C22H20N2O4. The van der Waals surface area contributed by atoms with E-state index < -0.39 is 5.97 Å². The Kier molecular flexibility index (Phi) is 6.25. The minimum absolute atomic E-state index is 0.312. The Morgan fingerprint density at radius 3 is 2.32 bits per heavy atom. The van der Waals surface area contributed by atoms with Gasteiger partial charge in [-0.2, -0.15) is 5.10 Å². The molecule has 6 nitrogen and oxygen atoms in total. The third-order valence-electron chi connectivity index (χ3n) is 3.90. The van der Waals surface area contributed by atoms with Gasteiger partial charge in [-0.25, -0.2) is 4.79 Å². The number of nitrogens with one attached hydrogen (secondary N) is 1. The lowest BCUT2D eigenvalue weighted by Gasteiger charge is -2.11. The summed E-state index contributed by atoms with van der Waals surface area (Å²) in [5, 5.41) is 4.19. The largest absolute Gasteiger partial charge is 0.496 e. The van der Waals surface area contributed by atoms with Crippen molar-refractivity contribution in [1.82, 2.24) is 0 Å². The number of hydrogen-bond donors (Lipinski definition) is 1. The van der Waals surface area contributed by atoms with Crippen LogP contribution in [0.4, 0.5) is 5.69 Å². The topological polar surface area (TPSA) is 69.1 Å². The molecule has 0 aromatic heterocycles. The predicted molar refractivity (Wildman–Crippen MR) is 109 cm³/mol. The van der Waals surface area contributed by atoms with Gasteiger partial charge >= 0.3 is 5.97 Å². The second-order valence-electron chi connectivity index (χ2n) is 5.74. The zero-order valence-electron chi connectivity index (χ0n) is 15.6. The zero-order chi connectivity index (χ0) is 19.8. The van der Waals surface area contributed by atoms with Crippen LogP contribution in [0, 0.1) is 0 Å². The Labute approximate surface area is 163 Å². The van der Waals surface area contributed by atoms with Gasteiger partial charge in [-0.3, -0.25) is 5.43 Å². The van der Waals surface area contributed by atoms with Gasteiger partial charge in [0.15, 0.2) is 11.5 Å². The SMILES string of the molecule is COc1cc(/C=N\Nc2ccccc2)ccc1OC(=O)c1ccccc1OC. The fourth-order valence-corrected chi connectivity index (χ4v) is 2.51. The van der Waals surface area contributed by atoms with Gasteiger partial charge in [0.25, 0.3) is 0 Å². The molecule has 0 atom stereocenters. The summed E-state index contributed by atoms with van der Waals surface area (Å²) in [5.74, 6) is 0.656. The molecule has 0 heterocycles. The highest BCUT2D eigenvalue weighted by atomic mass is 16.6. The lowest BCUT2D eigenvalue weighted by atomic mass is 10.2. The van der Waals surface area contributed by atoms with E-state index in [0.717, 1.165) is 11.3 Å². The van der Waals surface area contributed by atoms with Gasteiger partial charge in [0.1, 0.15) is 11.3 Å². The van der Waals surface area contributed by atoms with Crippen molar-refractivity contribution < 1.29 is 19.0 Å². The van der Waals surface area contributed by atoms with E-state index in [2.05, 4.69) is 10.5 Å². The molecule has 0 aliphatic heterocycles. The number of methoxy groups -OCH3 is 2. The Balaban J connectivity index is 1.73. The van der Waals surface area contributed by atoms with Crippen molar-refractivity contribution in [3.05, 3.63) is 83.9 Å². The minimum Gasteiger partial charge on any atom is -0.496 e. The van der Waals surface area contributed by atoms with E-state index in [1.54, 1.807) is 48.7 Å². The molecule has 0 aliphatic rings. The van der Waals surface area contributed by atoms with Crippen LogP contribution in [-0.2, 0) is 0 Å². The summed E-state index contributed by atoms with van der Waals surface area (Å²) in [4.78, 5) is 12.5. The highest BCUT2D eigenvalue weighted by molar-refractivity contribution is 5.94. The van der Waals surface area contributed by atoms with Gasteiger partial charge in [0.05, 0.1) is 26.1 Å². The second kappa shape index (κ2) is 9.23. The molecule has 0 unspecified atom stereocenters. The molecule has 3 rings (SSSR count). The van der Waals surface area contributed by atoms with Gasteiger partial charge < -0.3 is 14.2 Å². The summed E-state index contributed by atoms with van der Waals surface area (Å²) in [5.41, 5.74) is 4.95. The summed E-state index contributed by atoms with van der Waals surface area (Å²) in [6.45, 7) is 0. The molecule has 0 spiro atoms. The Morgan fingerprint density at radius 1 is 0.857 bits per heavy atom. The van der Waals surface area contributed by atoms with Crippen LogP contribution in [-0.4, -0.2) is 26.4 Å². The van der Waals surface area contributed by atoms with E-state index in [1.165, 1.54) is 14.2 Å². The lowest BCUT2D eigenvalue weighted by Crippen LogP contribution is -2.10. The quantitative estimate of drug-likeness (QED) is 0.287. The zero-order valence-corrected chi connectivity index (χ0v) is 15.6. The molecular weight excluding hydrogens is 356 g/mol. The number of esters is 1. The number of hydrogen-bond acceptors (Lipinski definition) is 6. The summed E-state index contributed by atoms with van der Waals surface area (Å²) < 4.78 is 16.0. The number of anilines is 1. The number of nitrogens with zero attached hydrogens (tertiary/aromatic N) is 1.